The number of hydrogen-bond acceptors (Lipinski definition) is 3. The maximum atomic E-state index is 9.40. The molecule has 0 aliphatic heterocycles. The summed E-state index contributed by atoms with van der Waals surface area (Å²) in [6.07, 6.45) is 0.323. The average molecular weight is 160 g/mol. The van der Waals surface area contributed by atoms with Crippen LogP contribution in [0.5, 0.6) is 0 Å². The summed E-state index contributed by atoms with van der Waals surface area (Å²) in [5, 5.41) is 27.6. The van der Waals surface area contributed by atoms with Crippen LogP contribution < -0.4 is 0 Å². The van der Waals surface area contributed by atoms with Gasteiger partial charge in [0.05, 0.1) is 12.2 Å². The SMILES string of the molecule is CC1CCC(CO)[C@@H](O)[C@@H]1O. The van der Waals surface area contributed by atoms with E-state index in [1.54, 1.807) is 0 Å². The highest BCUT2D eigenvalue weighted by atomic mass is 16.3. The van der Waals surface area contributed by atoms with Gasteiger partial charge in [0.1, 0.15) is 0 Å². The minimum absolute atomic E-state index is 0.0229. The largest absolute Gasteiger partial charge is 0.396 e. The minimum atomic E-state index is -0.733. The molecule has 66 valence electrons. The van der Waals surface area contributed by atoms with Gasteiger partial charge in [-0.3, -0.25) is 0 Å². The van der Waals surface area contributed by atoms with Crippen LogP contribution in [0.4, 0.5) is 0 Å². The Morgan fingerprint density at radius 1 is 1.18 bits per heavy atom. The molecule has 3 heteroatoms. The van der Waals surface area contributed by atoms with Crippen molar-refractivity contribution >= 4 is 0 Å². The molecular weight excluding hydrogens is 144 g/mol. The first-order valence-electron chi connectivity index (χ1n) is 4.13. The fourth-order valence-corrected chi connectivity index (χ4v) is 1.63. The highest BCUT2D eigenvalue weighted by Gasteiger charge is 2.34. The quantitative estimate of drug-likeness (QED) is 0.495. The molecule has 0 heterocycles. The summed E-state index contributed by atoms with van der Waals surface area (Å²) in [6, 6.07) is 0. The smallest absolute Gasteiger partial charge is 0.0851 e. The van der Waals surface area contributed by atoms with Crippen LogP contribution in [-0.2, 0) is 0 Å². The lowest BCUT2D eigenvalue weighted by molar-refractivity contribution is -0.0835. The first-order chi connectivity index (χ1) is 5.16. The van der Waals surface area contributed by atoms with E-state index in [9.17, 15) is 10.2 Å². The van der Waals surface area contributed by atoms with Crippen LogP contribution in [0.3, 0.4) is 0 Å². The van der Waals surface area contributed by atoms with E-state index >= 15 is 0 Å². The van der Waals surface area contributed by atoms with Gasteiger partial charge in [-0.2, -0.15) is 0 Å². The minimum Gasteiger partial charge on any atom is -0.396 e. The lowest BCUT2D eigenvalue weighted by Gasteiger charge is -2.34. The molecule has 0 aromatic carbocycles. The summed E-state index contributed by atoms with van der Waals surface area (Å²) >= 11 is 0. The van der Waals surface area contributed by atoms with Crippen LogP contribution in [0.2, 0.25) is 0 Å². The molecule has 0 aromatic rings. The molecule has 1 saturated carbocycles. The first-order valence-corrected chi connectivity index (χ1v) is 4.13. The fraction of sp³-hybridized carbons (Fsp3) is 1.00. The Kier molecular flexibility index (Phi) is 2.87. The van der Waals surface area contributed by atoms with E-state index in [0.29, 0.717) is 0 Å². The molecule has 0 saturated heterocycles. The molecule has 11 heavy (non-hydrogen) atoms. The van der Waals surface area contributed by atoms with Crippen LogP contribution in [0, 0.1) is 11.8 Å². The van der Waals surface area contributed by atoms with Crippen LogP contribution in [0.1, 0.15) is 19.8 Å². The summed E-state index contributed by atoms with van der Waals surface area (Å²) in [5.74, 6) is 0.0361. The summed E-state index contributed by atoms with van der Waals surface area (Å²) in [4.78, 5) is 0. The molecule has 1 fully saturated rings. The van der Waals surface area contributed by atoms with Crippen molar-refractivity contribution in [3.8, 4) is 0 Å². The normalized spacial score (nSPS) is 45.8. The zero-order valence-corrected chi connectivity index (χ0v) is 6.77. The molecule has 3 N–H and O–H groups in total. The Balaban J connectivity index is 2.52. The second-order valence-corrected chi connectivity index (χ2v) is 3.48. The van der Waals surface area contributed by atoms with E-state index < -0.39 is 12.2 Å². The standard InChI is InChI=1S/C8H16O3/c1-5-2-3-6(4-9)8(11)7(5)10/h5-11H,2-4H2,1H3/t5?,6?,7-,8-/m1/s1. The predicted octanol–water partition coefficient (Wildman–Crippen LogP) is -0.253. The zero-order chi connectivity index (χ0) is 8.43. The Labute approximate surface area is 66.7 Å². The monoisotopic (exact) mass is 160 g/mol. The summed E-state index contributed by atoms with van der Waals surface area (Å²) in [5.41, 5.74) is 0. The van der Waals surface area contributed by atoms with Gasteiger partial charge in [0.25, 0.3) is 0 Å². The van der Waals surface area contributed by atoms with E-state index in [0.717, 1.165) is 12.8 Å². The molecule has 3 nitrogen and oxygen atoms in total. The summed E-state index contributed by atoms with van der Waals surface area (Å²) in [6.45, 7) is 1.90. The number of aliphatic hydroxyl groups excluding tert-OH is 3. The Morgan fingerprint density at radius 3 is 2.36 bits per heavy atom. The molecule has 0 amide bonds. The van der Waals surface area contributed by atoms with Gasteiger partial charge in [-0.05, 0) is 18.8 Å². The molecule has 0 bridgehead atoms. The van der Waals surface area contributed by atoms with Crippen molar-refractivity contribution in [3.05, 3.63) is 0 Å². The van der Waals surface area contributed by atoms with Gasteiger partial charge in [-0.1, -0.05) is 6.92 Å². The van der Waals surface area contributed by atoms with Crippen LogP contribution in [-0.4, -0.2) is 34.1 Å². The number of aliphatic hydroxyl groups is 3. The highest BCUT2D eigenvalue weighted by molar-refractivity contribution is 4.84. The topological polar surface area (TPSA) is 60.7 Å². The summed E-state index contributed by atoms with van der Waals surface area (Å²) < 4.78 is 0. The third kappa shape index (κ3) is 1.72. The average Bonchev–Trinajstić information content (AvgIpc) is 2.01. The Morgan fingerprint density at radius 2 is 1.82 bits per heavy atom. The van der Waals surface area contributed by atoms with E-state index in [1.807, 2.05) is 6.92 Å². The molecule has 0 spiro atoms. The van der Waals surface area contributed by atoms with Gasteiger partial charge >= 0.3 is 0 Å². The van der Waals surface area contributed by atoms with Crippen molar-refractivity contribution in [2.75, 3.05) is 6.61 Å². The Bertz CT molecular complexity index is 125. The lowest BCUT2D eigenvalue weighted by atomic mass is 9.79. The Hall–Kier alpha value is -0.120. The van der Waals surface area contributed by atoms with E-state index in [4.69, 9.17) is 5.11 Å². The maximum Gasteiger partial charge on any atom is 0.0851 e. The third-order valence-electron chi connectivity index (χ3n) is 2.64. The fourth-order valence-electron chi connectivity index (χ4n) is 1.63. The third-order valence-corrected chi connectivity index (χ3v) is 2.64. The number of rotatable bonds is 1. The van der Waals surface area contributed by atoms with Gasteiger partial charge in [0, 0.05) is 12.5 Å². The number of hydrogen-bond donors (Lipinski definition) is 3. The predicted molar refractivity (Wildman–Crippen MR) is 41.0 cm³/mol. The van der Waals surface area contributed by atoms with E-state index in [1.165, 1.54) is 0 Å². The molecule has 1 rings (SSSR count). The summed E-state index contributed by atoms with van der Waals surface area (Å²) in [7, 11) is 0. The second kappa shape index (κ2) is 3.52. The second-order valence-electron chi connectivity index (χ2n) is 3.48. The van der Waals surface area contributed by atoms with Gasteiger partial charge in [-0.15, -0.1) is 0 Å². The molecule has 1 aliphatic rings. The van der Waals surface area contributed by atoms with Gasteiger partial charge in [0.15, 0.2) is 0 Å². The molecule has 2 unspecified atom stereocenters. The van der Waals surface area contributed by atoms with Crippen molar-refractivity contribution in [3.63, 3.8) is 0 Å². The lowest BCUT2D eigenvalue weighted by Crippen LogP contribution is -2.43. The maximum absolute atomic E-state index is 9.40. The van der Waals surface area contributed by atoms with Crippen molar-refractivity contribution in [2.45, 2.75) is 32.0 Å². The molecular formula is C8H16O3. The van der Waals surface area contributed by atoms with Crippen LogP contribution in [0.25, 0.3) is 0 Å². The highest BCUT2D eigenvalue weighted by Crippen LogP contribution is 2.28. The van der Waals surface area contributed by atoms with Crippen molar-refractivity contribution < 1.29 is 15.3 Å². The van der Waals surface area contributed by atoms with E-state index in [-0.39, 0.29) is 18.4 Å². The van der Waals surface area contributed by atoms with Crippen molar-refractivity contribution in [1.82, 2.24) is 0 Å². The van der Waals surface area contributed by atoms with Gasteiger partial charge in [0.2, 0.25) is 0 Å². The molecule has 4 atom stereocenters. The zero-order valence-electron chi connectivity index (χ0n) is 6.77. The molecule has 0 aromatic heterocycles. The first kappa shape index (κ1) is 8.97. The van der Waals surface area contributed by atoms with Crippen LogP contribution in [0.15, 0.2) is 0 Å². The molecule has 0 radical (unpaired) electrons. The van der Waals surface area contributed by atoms with Gasteiger partial charge in [-0.25, -0.2) is 0 Å². The molecule has 1 aliphatic carbocycles. The van der Waals surface area contributed by atoms with Gasteiger partial charge < -0.3 is 15.3 Å². The van der Waals surface area contributed by atoms with Crippen molar-refractivity contribution in [2.24, 2.45) is 11.8 Å². The van der Waals surface area contributed by atoms with Crippen LogP contribution >= 0.6 is 0 Å². The van der Waals surface area contributed by atoms with E-state index in [2.05, 4.69) is 0 Å². The van der Waals surface area contributed by atoms with Crippen molar-refractivity contribution in [1.29, 1.82) is 0 Å².